The molecule has 0 bridgehead atoms. The Bertz CT molecular complexity index is 2180. The number of anilines is 1. The molecule has 1 aliphatic rings. The molecule has 6 rings (SSSR count). The molecule has 0 unspecified atom stereocenters. The molecule has 4 aromatic carbocycles. The lowest BCUT2D eigenvalue weighted by molar-refractivity contribution is -0.130. The average molecular weight is 758 g/mol. The van der Waals surface area contributed by atoms with Crippen LogP contribution < -0.4 is 26.8 Å². The summed E-state index contributed by atoms with van der Waals surface area (Å²) < 4.78 is 29.2. The van der Waals surface area contributed by atoms with Crippen molar-refractivity contribution in [1.29, 1.82) is 0 Å². The molecule has 278 valence electrons. The van der Waals surface area contributed by atoms with Crippen molar-refractivity contribution in [1.82, 2.24) is 25.2 Å². The number of aromatic nitrogens is 3. The van der Waals surface area contributed by atoms with Crippen molar-refractivity contribution in [2.45, 2.75) is 56.5 Å². The number of nitrogens with one attached hydrogen (secondary N) is 5. The number of hydrogen-bond acceptors (Lipinski definition) is 7. The lowest BCUT2D eigenvalue weighted by Gasteiger charge is -2.28. The number of amides is 2. The molecule has 12 nitrogen and oxygen atoms in total. The number of aromatic amines is 2. The van der Waals surface area contributed by atoms with Crippen LogP contribution in [-0.4, -0.2) is 48.0 Å². The Balaban J connectivity index is 0.00000541. The van der Waals surface area contributed by atoms with E-state index >= 15 is 0 Å². The van der Waals surface area contributed by atoms with E-state index in [-0.39, 0.29) is 48.0 Å². The van der Waals surface area contributed by atoms with Gasteiger partial charge in [-0.1, -0.05) is 60.7 Å². The highest BCUT2D eigenvalue weighted by atomic mass is 35.5. The van der Waals surface area contributed by atoms with Crippen molar-refractivity contribution in [3.05, 3.63) is 124 Å². The molecule has 1 atom stereocenters. The number of nitrogens with two attached hydrogens (primary N) is 1. The molecule has 1 fully saturated rings. The van der Waals surface area contributed by atoms with E-state index < -0.39 is 21.8 Å². The van der Waals surface area contributed by atoms with Gasteiger partial charge in [0.25, 0.3) is 0 Å². The van der Waals surface area contributed by atoms with E-state index in [9.17, 15) is 22.8 Å². The van der Waals surface area contributed by atoms with Crippen LogP contribution in [0, 0.1) is 18.8 Å². The lowest BCUT2D eigenvalue weighted by Crippen LogP contribution is -2.48. The van der Waals surface area contributed by atoms with Gasteiger partial charge in [-0.25, -0.2) is 23.0 Å². The molecule has 1 saturated carbocycles. The summed E-state index contributed by atoms with van der Waals surface area (Å²) in [5, 5.41) is 12.2. The highest BCUT2D eigenvalue weighted by Gasteiger charge is 2.29. The molecule has 0 aliphatic heterocycles. The average Bonchev–Trinajstić information content (AvgIpc) is 3.60. The maximum atomic E-state index is 13.8. The summed E-state index contributed by atoms with van der Waals surface area (Å²) in [5.74, 6) is 0.0248. The predicted molar refractivity (Wildman–Crippen MR) is 208 cm³/mol. The van der Waals surface area contributed by atoms with Crippen LogP contribution in [0.2, 0.25) is 0 Å². The van der Waals surface area contributed by atoms with Gasteiger partial charge in [-0.2, -0.15) is 5.10 Å². The Morgan fingerprint density at radius 2 is 1.60 bits per heavy atom. The smallest absolute Gasteiger partial charge is 0.340 e. The van der Waals surface area contributed by atoms with Gasteiger partial charge in [-0.05, 0) is 109 Å². The molecule has 5 aromatic rings. The first-order valence-electron chi connectivity index (χ1n) is 17.4. The number of halogens is 1. The molecule has 2 amide bonds. The van der Waals surface area contributed by atoms with Gasteiger partial charge in [-0.15, -0.1) is 12.4 Å². The largest absolute Gasteiger partial charge is 0.344 e. The third-order valence-corrected chi connectivity index (χ3v) is 11.0. The van der Waals surface area contributed by atoms with Crippen LogP contribution >= 0.6 is 12.4 Å². The van der Waals surface area contributed by atoms with Crippen LogP contribution in [0.5, 0.6) is 0 Å². The van der Waals surface area contributed by atoms with E-state index in [2.05, 4.69) is 30.5 Å². The van der Waals surface area contributed by atoms with Crippen LogP contribution in [0.25, 0.3) is 22.5 Å². The van der Waals surface area contributed by atoms with Gasteiger partial charge >= 0.3 is 5.69 Å². The predicted octanol–water partition coefficient (Wildman–Crippen LogP) is 5.07. The molecule has 1 aliphatic carbocycles. The summed E-state index contributed by atoms with van der Waals surface area (Å²) in [4.78, 5) is 41.6. The normalized spacial score (nSPS) is 16.3. The molecule has 1 heterocycles. The minimum absolute atomic E-state index is 0. The SMILES string of the molecule is Cc1ccc(S(=O)(=O)NCc2ccccc2)cc1-c1cccc(C[C@H](NC(=O)C2CCC(CN)CC2)C(=O)Nc2ccc(-c3n[nH]c(=O)[nH]3)cc2)c1.Cl. The summed E-state index contributed by atoms with van der Waals surface area (Å²) in [6.45, 7) is 2.69. The van der Waals surface area contributed by atoms with Gasteiger partial charge in [-0.3, -0.25) is 14.6 Å². The first-order chi connectivity index (χ1) is 25.1. The summed E-state index contributed by atoms with van der Waals surface area (Å²) in [5.41, 5.74) is 10.7. The molecular formula is C39H44ClN7O5S. The molecule has 1 aromatic heterocycles. The van der Waals surface area contributed by atoms with E-state index in [1.165, 1.54) is 0 Å². The minimum atomic E-state index is -3.80. The fourth-order valence-corrected chi connectivity index (χ4v) is 7.59. The third-order valence-electron chi connectivity index (χ3n) is 9.62. The minimum Gasteiger partial charge on any atom is -0.344 e. The molecule has 53 heavy (non-hydrogen) atoms. The monoisotopic (exact) mass is 757 g/mol. The van der Waals surface area contributed by atoms with Crippen LogP contribution in [0.1, 0.15) is 42.4 Å². The Hall–Kier alpha value is -5.08. The number of rotatable bonds is 13. The highest BCUT2D eigenvalue weighted by Crippen LogP contribution is 2.30. The fraction of sp³-hybridized carbons (Fsp3) is 0.282. The lowest BCUT2D eigenvalue weighted by atomic mass is 9.81. The number of carbonyl (C=O) groups excluding carboxylic acids is 2. The second-order valence-corrected chi connectivity index (χ2v) is 15.1. The summed E-state index contributed by atoms with van der Waals surface area (Å²) in [7, 11) is -3.80. The Labute approximate surface area is 314 Å². The van der Waals surface area contributed by atoms with Gasteiger partial charge in [0.1, 0.15) is 6.04 Å². The number of carbonyl (C=O) groups is 2. The van der Waals surface area contributed by atoms with Crippen LogP contribution in [0.4, 0.5) is 5.69 Å². The fourth-order valence-electron chi connectivity index (χ4n) is 6.55. The first-order valence-corrected chi connectivity index (χ1v) is 18.9. The Kier molecular flexibility index (Phi) is 13.0. The number of aryl methyl sites for hydroxylation is 1. The second kappa shape index (κ2) is 17.6. The quantitative estimate of drug-likeness (QED) is 0.0966. The first kappa shape index (κ1) is 39.1. The van der Waals surface area contributed by atoms with Crippen LogP contribution in [-0.2, 0) is 32.6 Å². The highest BCUT2D eigenvalue weighted by molar-refractivity contribution is 7.89. The second-order valence-electron chi connectivity index (χ2n) is 13.3. The third kappa shape index (κ3) is 10.1. The van der Waals surface area contributed by atoms with E-state index in [0.717, 1.165) is 40.7 Å². The van der Waals surface area contributed by atoms with Gasteiger partial charge in [0.2, 0.25) is 21.8 Å². The van der Waals surface area contributed by atoms with E-state index in [4.69, 9.17) is 5.73 Å². The molecule has 0 spiro atoms. The maximum absolute atomic E-state index is 13.8. The van der Waals surface area contributed by atoms with Gasteiger partial charge in [0, 0.05) is 30.1 Å². The molecular weight excluding hydrogens is 714 g/mol. The number of hydrogen-bond donors (Lipinski definition) is 6. The maximum Gasteiger partial charge on any atom is 0.340 e. The van der Waals surface area contributed by atoms with Gasteiger partial charge in [0.15, 0.2) is 5.82 Å². The number of nitrogens with zero attached hydrogens (tertiary/aromatic N) is 1. The number of benzene rings is 4. The van der Waals surface area contributed by atoms with Crippen molar-refractivity contribution in [3.63, 3.8) is 0 Å². The molecule has 14 heteroatoms. The van der Waals surface area contributed by atoms with E-state index in [0.29, 0.717) is 42.4 Å². The van der Waals surface area contributed by atoms with Crippen molar-refractivity contribution in [3.8, 4) is 22.5 Å². The topological polar surface area (TPSA) is 192 Å². The number of H-pyrrole nitrogens is 2. The van der Waals surface area contributed by atoms with Gasteiger partial charge < -0.3 is 16.4 Å². The number of sulfonamides is 1. The molecule has 0 radical (unpaired) electrons. The Morgan fingerprint density at radius 1 is 0.887 bits per heavy atom. The summed E-state index contributed by atoms with van der Waals surface area (Å²) in [6.07, 6.45) is 3.37. The van der Waals surface area contributed by atoms with Crippen LogP contribution in [0.15, 0.2) is 107 Å². The zero-order valence-electron chi connectivity index (χ0n) is 29.3. The Morgan fingerprint density at radius 3 is 2.28 bits per heavy atom. The van der Waals surface area contributed by atoms with Crippen LogP contribution in [0.3, 0.4) is 0 Å². The van der Waals surface area contributed by atoms with Crippen molar-refractivity contribution < 1.29 is 18.0 Å². The van der Waals surface area contributed by atoms with E-state index in [1.54, 1.807) is 42.5 Å². The van der Waals surface area contributed by atoms with E-state index in [1.807, 2.05) is 61.5 Å². The van der Waals surface area contributed by atoms with Crippen molar-refractivity contribution >= 4 is 39.9 Å². The van der Waals surface area contributed by atoms with Gasteiger partial charge in [0.05, 0.1) is 4.90 Å². The zero-order chi connectivity index (χ0) is 36.7. The van der Waals surface area contributed by atoms with Crippen molar-refractivity contribution in [2.24, 2.45) is 17.6 Å². The summed E-state index contributed by atoms with van der Waals surface area (Å²) >= 11 is 0. The van der Waals surface area contributed by atoms with Crippen molar-refractivity contribution in [2.75, 3.05) is 11.9 Å². The molecule has 7 N–H and O–H groups in total. The standard InChI is InChI=1S/C39H43N7O5S.ClH/c1-25-10-19-33(52(50,51)41-24-27-6-3-2-4-7-27)22-34(25)31-9-5-8-28(20-31)21-35(43-37(47)30-13-11-26(23-40)12-14-30)38(48)42-32-17-15-29(16-18-32)36-44-39(49)46-45-36;/h2-10,15-20,22,26,30,35,41H,11-14,21,23-24,40H2,1H3,(H,42,48)(H,43,47)(H2,44,45,46,49);1H/t26?,30?,35-;/m0./s1. The zero-order valence-corrected chi connectivity index (χ0v) is 30.9. The molecule has 0 saturated heterocycles. The summed E-state index contributed by atoms with van der Waals surface area (Å²) in [6, 6.07) is 27.9.